The largest absolute Gasteiger partial charge is 0.442 e. The van der Waals surface area contributed by atoms with E-state index in [1.165, 1.54) is 16.7 Å². The quantitative estimate of drug-likeness (QED) is 0.712. The van der Waals surface area contributed by atoms with Crippen molar-refractivity contribution in [3.8, 4) is 0 Å². The Morgan fingerprint density at radius 3 is 2.50 bits per heavy atom. The molecule has 7 heteroatoms. The van der Waals surface area contributed by atoms with Crippen molar-refractivity contribution in [2.75, 3.05) is 0 Å². The van der Waals surface area contributed by atoms with Crippen LogP contribution in [0.25, 0.3) is 0 Å². The Bertz CT molecular complexity index is 1020. The molecule has 1 aliphatic carbocycles. The van der Waals surface area contributed by atoms with Crippen LogP contribution >= 0.6 is 0 Å². The number of nitrogens with zero attached hydrogens (tertiary/aromatic N) is 2. The molecule has 2 aromatic carbocycles. The summed E-state index contributed by atoms with van der Waals surface area (Å²) in [5, 5.41) is 6.87. The second-order valence-corrected chi connectivity index (χ2v) is 7.10. The molecule has 1 amide bonds. The maximum Gasteiger partial charge on any atom is 0.442 e. The molecule has 0 unspecified atom stereocenters. The van der Waals surface area contributed by atoms with Crippen LogP contribution in [0.4, 0.5) is 4.39 Å². The van der Waals surface area contributed by atoms with Crippen LogP contribution in [0, 0.1) is 5.82 Å². The predicted molar refractivity (Wildman–Crippen MR) is 100 cm³/mol. The van der Waals surface area contributed by atoms with Gasteiger partial charge in [-0.3, -0.25) is 13.9 Å². The van der Waals surface area contributed by atoms with Gasteiger partial charge in [-0.1, -0.05) is 47.6 Å². The molecule has 6 nitrogen and oxygen atoms in total. The number of hydrogen-bond donors (Lipinski definition) is 1. The number of carbonyl (C=O) groups is 1. The lowest BCUT2D eigenvalue weighted by atomic mass is 9.72. The van der Waals surface area contributed by atoms with Gasteiger partial charge in [-0.05, 0) is 42.5 Å². The summed E-state index contributed by atoms with van der Waals surface area (Å²) in [5.41, 5.74) is 1.46. The van der Waals surface area contributed by atoms with Gasteiger partial charge < -0.3 is 5.32 Å². The smallest absolute Gasteiger partial charge is 0.345 e. The van der Waals surface area contributed by atoms with Crippen LogP contribution in [0.2, 0.25) is 0 Å². The van der Waals surface area contributed by atoms with Gasteiger partial charge in [0.2, 0.25) is 5.91 Å². The van der Waals surface area contributed by atoms with Crippen molar-refractivity contribution in [1.82, 2.24) is 15.0 Å². The third-order valence-corrected chi connectivity index (χ3v) is 5.25. The molecule has 28 heavy (non-hydrogen) atoms. The summed E-state index contributed by atoms with van der Waals surface area (Å²) in [5.74, 6) is -0.967. The highest BCUT2D eigenvalue weighted by Crippen LogP contribution is 2.41. The number of aromatic nitrogens is 2. The predicted octanol–water partition coefficient (Wildman–Crippen LogP) is 2.76. The first-order valence-electron chi connectivity index (χ1n) is 9.22. The summed E-state index contributed by atoms with van der Waals surface area (Å²) in [7, 11) is 0. The van der Waals surface area contributed by atoms with Crippen LogP contribution in [-0.2, 0) is 23.3 Å². The van der Waals surface area contributed by atoms with E-state index in [0.29, 0.717) is 5.82 Å². The van der Waals surface area contributed by atoms with Gasteiger partial charge in [0.15, 0.2) is 5.82 Å². The Morgan fingerprint density at radius 1 is 1.14 bits per heavy atom. The molecule has 0 aliphatic heterocycles. The molecule has 1 N–H and O–H groups in total. The SMILES string of the molecule is O=C(Cn1c(Cc2ccc(F)cc2)noc1=O)NC1(c2ccccc2)CCC1. The summed E-state index contributed by atoms with van der Waals surface area (Å²) in [6.45, 7) is -0.173. The van der Waals surface area contributed by atoms with Crippen molar-refractivity contribution in [2.45, 2.75) is 37.8 Å². The first-order chi connectivity index (χ1) is 13.6. The summed E-state index contributed by atoms with van der Waals surface area (Å²) in [6.07, 6.45) is 3.04. The van der Waals surface area contributed by atoms with E-state index >= 15 is 0 Å². The average molecular weight is 381 g/mol. The van der Waals surface area contributed by atoms with Crippen molar-refractivity contribution in [2.24, 2.45) is 0 Å². The number of halogens is 1. The monoisotopic (exact) mass is 381 g/mol. The van der Waals surface area contributed by atoms with Gasteiger partial charge in [0, 0.05) is 6.42 Å². The minimum absolute atomic E-state index is 0.173. The van der Waals surface area contributed by atoms with Crippen LogP contribution < -0.4 is 11.1 Å². The number of rotatable bonds is 6. The van der Waals surface area contributed by atoms with E-state index in [9.17, 15) is 14.0 Å². The van der Waals surface area contributed by atoms with Crippen LogP contribution in [0.1, 0.15) is 36.2 Å². The second-order valence-electron chi connectivity index (χ2n) is 7.10. The molecule has 1 aromatic heterocycles. The van der Waals surface area contributed by atoms with Crippen molar-refractivity contribution >= 4 is 5.91 Å². The minimum atomic E-state index is -0.686. The van der Waals surface area contributed by atoms with Crippen LogP contribution in [-0.4, -0.2) is 15.6 Å². The highest BCUT2D eigenvalue weighted by molar-refractivity contribution is 5.77. The fourth-order valence-electron chi connectivity index (χ4n) is 3.59. The minimum Gasteiger partial charge on any atom is -0.345 e. The Morgan fingerprint density at radius 2 is 1.86 bits per heavy atom. The van der Waals surface area contributed by atoms with E-state index < -0.39 is 5.76 Å². The fraction of sp³-hybridized carbons (Fsp3) is 0.286. The number of carbonyl (C=O) groups excluding carboxylic acids is 1. The molecule has 3 aromatic rings. The van der Waals surface area contributed by atoms with Crippen LogP contribution in [0.3, 0.4) is 0 Å². The molecule has 0 saturated heterocycles. The first kappa shape index (κ1) is 18.2. The molecule has 1 heterocycles. The van der Waals surface area contributed by atoms with E-state index in [2.05, 4.69) is 10.5 Å². The first-order valence-corrected chi connectivity index (χ1v) is 9.22. The van der Waals surface area contributed by atoms with Gasteiger partial charge in [0.1, 0.15) is 12.4 Å². The summed E-state index contributed by atoms with van der Waals surface area (Å²) in [6, 6.07) is 15.7. The van der Waals surface area contributed by atoms with Gasteiger partial charge in [0.05, 0.1) is 5.54 Å². The Balaban J connectivity index is 1.50. The topological polar surface area (TPSA) is 77.1 Å². The van der Waals surface area contributed by atoms with Gasteiger partial charge in [-0.15, -0.1) is 0 Å². The van der Waals surface area contributed by atoms with E-state index in [-0.39, 0.29) is 30.2 Å². The molecule has 0 atom stereocenters. The Labute approximate surface area is 161 Å². The summed E-state index contributed by atoms with van der Waals surface area (Å²) in [4.78, 5) is 24.7. The average Bonchev–Trinajstić information content (AvgIpc) is 3.00. The molecule has 1 saturated carbocycles. The molecular formula is C21H20FN3O3. The highest BCUT2D eigenvalue weighted by atomic mass is 19.1. The Hall–Kier alpha value is -3.22. The lowest BCUT2D eigenvalue weighted by Gasteiger charge is -2.43. The van der Waals surface area contributed by atoms with Crippen molar-refractivity contribution in [1.29, 1.82) is 0 Å². The molecule has 4 rings (SSSR count). The maximum atomic E-state index is 13.1. The molecule has 0 bridgehead atoms. The standard InChI is InChI=1S/C21H20FN3O3/c22-17-9-7-15(8-10-17)13-18-24-28-20(27)25(18)14-19(26)23-21(11-4-12-21)16-5-2-1-3-6-16/h1-3,5-10H,4,11-14H2,(H,23,26). The number of amides is 1. The third-order valence-electron chi connectivity index (χ3n) is 5.25. The lowest BCUT2D eigenvalue weighted by Crippen LogP contribution is -2.52. The van der Waals surface area contributed by atoms with Crippen LogP contribution in [0.5, 0.6) is 0 Å². The molecule has 0 radical (unpaired) electrons. The zero-order valence-electron chi connectivity index (χ0n) is 15.2. The molecule has 1 fully saturated rings. The van der Waals surface area contributed by atoms with Crippen LogP contribution in [0.15, 0.2) is 63.9 Å². The zero-order chi connectivity index (χ0) is 19.6. The second kappa shape index (κ2) is 7.42. The van der Waals surface area contributed by atoms with E-state index in [1.54, 1.807) is 12.1 Å². The van der Waals surface area contributed by atoms with Gasteiger partial charge >= 0.3 is 5.76 Å². The fourth-order valence-corrected chi connectivity index (χ4v) is 3.59. The van der Waals surface area contributed by atoms with Gasteiger partial charge in [-0.2, -0.15) is 0 Å². The van der Waals surface area contributed by atoms with E-state index in [1.807, 2.05) is 30.3 Å². The summed E-state index contributed by atoms with van der Waals surface area (Å²) >= 11 is 0. The summed E-state index contributed by atoms with van der Waals surface area (Å²) < 4.78 is 19.0. The molecule has 0 spiro atoms. The Kier molecular flexibility index (Phi) is 4.81. The van der Waals surface area contributed by atoms with Crippen molar-refractivity contribution < 1.29 is 13.7 Å². The third kappa shape index (κ3) is 3.60. The number of hydrogen-bond acceptors (Lipinski definition) is 4. The number of benzene rings is 2. The van der Waals surface area contributed by atoms with Gasteiger partial charge in [-0.25, -0.2) is 9.18 Å². The van der Waals surface area contributed by atoms with E-state index in [0.717, 1.165) is 30.4 Å². The van der Waals surface area contributed by atoms with Gasteiger partial charge in [0.25, 0.3) is 0 Å². The number of nitrogens with one attached hydrogen (secondary N) is 1. The molecular weight excluding hydrogens is 361 g/mol. The van der Waals surface area contributed by atoms with Crippen molar-refractivity contribution in [3.05, 3.63) is 87.9 Å². The highest BCUT2D eigenvalue weighted by Gasteiger charge is 2.40. The van der Waals surface area contributed by atoms with E-state index in [4.69, 9.17) is 4.52 Å². The molecule has 1 aliphatic rings. The lowest BCUT2D eigenvalue weighted by molar-refractivity contribution is -0.125. The normalized spacial score (nSPS) is 15.0. The zero-order valence-corrected chi connectivity index (χ0v) is 15.2. The van der Waals surface area contributed by atoms with Crippen molar-refractivity contribution in [3.63, 3.8) is 0 Å². The molecule has 144 valence electrons. The maximum absolute atomic E-state index is 13.1.